The molecule has 1 saturated carbocycles. The van der Waals surface area contributed by atoms with E-state index in [1.54, 1.807) is 0 Å². The summed E-state index contributed by atoms with van der Waals surface area (Å²) < 4.78 is 0. The zero-order chi connectivity index (χ0) is 13.8. The fraction of sp³-hybridized carbons (Fsp3) is 1.00. The normalized spacial score (nSPS) is 31.4. The van der Waals surface area contributed by atoms with Gasteiger partial charge in [0.15, 0.2) is 0 Å². The van der Waals surface area contributed by atoms with Crippen LogP contribution in [-0.4, -0.2) is 25.2 Å². The Morgan fingerprint density at radius 2 is 1.74 bits per heavy atom. The lowest BCUT2D eigenvalue weighted by atomic mass is 9.85. The van der Waals surface area contributed by atoms with Crippen molar-refractivity contribution in [2.45, 2.75) is 71.9 Å². The van der Waals surface area contributed by atoms with E-state index >= 15 is 0 Å². The molecule has 19 heavy (non-hydrogen) atoms. The van der Waals surface area contributed by atoms with Crippen LogP contribution in [0.25, 0.3) is 0 Å². The molecule has 0 amide bonds. The van der Waals surface area contributed by atoms with Crippen LogP contribution < -0.4 is 10.6 Å². The molecule has 0 radical (unpaired) electrons. The molecule has 2 rings (SSSR count). The third-order valence-electron chi connectivity index (χ3n) is 5.43. The van der Waals surface area contributed by atoms with Crippen LogP contribution >= 0.6 is 0 Å². The average Bonchev–Trinajstić information content (AvgIpc) is 2.76. The highest BCUT2D eigenvalue weighted by molar-refractivity contribution is 4.93. The molecule has 112 valence electrons. The average molecular weight is 266 g/mol. The van der Waals surface area contributed by atoms with Crippen LogP contribution in [0.2, 0.25) is 0 Å². The molecule has 2 fully saturated rings. The van der Waals surface area contributed by atoms with E-state index in [0.29, 0.717) is 0 Å². The standard InChI is InChI=1S/C17H34N2/c1-12(2)16(13(3)4)11-18-10-15-9-14-7-5-6-8-17(14)19-15/h12-19H,5-11H2,1-4H3. The van der Waals surface area contributed by atoms with Gasteiger partial charge in [-0.1, -0.05) is 40.5 Å². The minimum atomic E-state index is 0.730. The minimum absolute atomic E-state index is 0.730. The van der Waals surface area contributed by atoms with Crippen LogP contribution in [0, 0.1) is 23.7 Å². The fourth-order valence-corrected chi connectivity index (χ4v) is 4.25. The van der Waals surface area contributed by atoms with Gasteiger partial charge >= 0.3 is 0 Å². The zero-order valence-corrected chi connectivity index (χ0v) is 13.4. The van der Waals surface area contributed by atoms with Crippen molar-refractivity contribution < 1.29 is 0 Å². The molecule has 0 aromatic heterocycles. The maximum absolute atomic E-state index is 3.86. The van der Waals surface area contributed by atoms with Crippen molar-refractivity contribution >= 4 is 0 Å². The first-order chi connectivity index (χ1) is 9.08. The van der Waals surface area contributed by atoms with E-state index in [1.165, 1.54) is 45.2 Å². The lowest BCUT2D eigenvalue weighted by Crippen LogP contribution is -2.40. The Balaban J connectivity index is 1.68. The van der Waals surface area contributed by atoms with Crippen molar-refractivity contribution in [3.63, 3.8) is 0 Å². The Kier molecular flexibility index (Phi) is 5.70. The zero-order valence-electron chi connectivity index (χ0n) is 13.4. The van der Waals surface area contributed by atoms with Crippen LogP contribution in [0.15, 0.2) is 0 Å². The number of hydrogen-bond donors (Lipinski definition) is 2. The highest BCUT2D eigenvalue weighted by Crippen LogP contribution is 2.33. The summed E-state index contributed by atoms with van der Waals surface area (Å²) in [6.45, 7) is 11.8. The van der Waals surface area contributed by atoms with Gasteiger partial charge in [0.05, 0.1) is 0 Å². The summed E-state index contributed by atoms with van der Waals surface area (Å²) in [5.41, 5.74) is 0. The summed E-state index contributed by atoms with van der Waals surface area (Å²) in [6.07, 6.45) is 7.20. The predicted molar refractivity (Wildman–Crippen MR) is 83.3 cm³/mol. The maximum Gasteiger partial charge on any atom is 0.0198 e. The highest BCUT2D eigenvalue weighted by atomic mass is 15.0. The molecule has 0 spiro atoms. The molecule has 3 unspecified atom stereocenters. The van der Waals surface area contributed by atoms with E-state index in [-0.39, 0.29) is 0 Å². The number of nitrogens with one attached hydrogen (secondary N) is 2. The number of fused-ring (bicyclic) bond motifs is 1. The number of rotatable bonds is 6. The van der Waals surface area contributed by atoms with E-state index < -0.39 is 0 Å². The molecule has 2 N–H and O–H groups in total. The number of hydrogen-bond acceptors (Lipinski definition) is 2. The first-order valence-electron chi connectivity index (χ1n) is 8.54. The van der Waals surface area contributed by atoms with Crippen molar-refractivity contribution in [1.82, 2.24) is 10.6 Å². The molecular formula is C17H34N2. The Morgan fingerprint density at radius 1 is 1.05 bits per heavy atom. The molecule has 0 aromatic carbocycles. The second-order valence-corrected chi connectivity index (χ2v) is 7.56. The molecule has 2 aliphatic rings. The molecule has 1 aliphatic heterocycles. The van der Waals surface area contributed by atoms with Gasteiger partial charge in [0.1, 0.15) is 0 Å². The molecule has 1 saturated heterocycles. The van der Waals surface area contributed by atoms with Crippen LogP contribution in [0.4, 0.5) is 0 Å². The van der Waals surface area contributed by atoms with Gasteiger partial charge in [-0.2, -0.15) is 0 Å². The summed E-state index contributed by atoms with van der Waals surface area (Å²) >= 11 is 0. The fourth-order valence-electron chi connectivity index (χ4n) is 4.25. The molecule has 3 atom stereocenters. The first kappa shape index (κ1) is 15.3. The molecule has 2 nitrogen and oxygen atoms in total. The van der Waals surface area contributed by atoms with Crippen molar-refractivity contribution in [1.29, 1.82) is 0 Å². The quantitative estimate of drug-likeness (QED) is 0.770. The minimum Gasteiger partial charge on any atom is -0.315 e. The van der Waals surface area contributed by atoms with Crippen molar-refractivity contribution in [2.75, 3.05) is 13.1 Å². The van der Waals surface area contributed by atoms with Gasteiger partial charge in [-0.25, -0.2) is 0 Å². The first-order valence-corrected chi connectivity index (χ1v) is 8.54. The van der Waals surface area contributed by atoms with Gasteiger partial charge < -0.3 is 10.6 Å². The van der Waals surface area contributed by atoms with E-state index in [9.17, 15) is 0 Å². The van der Waals surface area contributed by atoms with Gasteiger partial charge in [-0.05, 0) is 49.5 Å². The van der Waals surface area contributed by atoms with Crippen LogP contribution in [0.1, 0.15) is 59.8 Å². The largest absolute Gasteiger partial charge is 0.315 e. The lowest BCUT2D eigenvalue weighted by molar-refractivity contribution is 0.273. The smallest absolute Gasteiger partial charge is 0.0198 e. The maximum atomic E-state index is 3.86. The van der Waals surface area contributed by atoms with Gasteiger partial charge in [-0.15, -0.1) is 0 Å². The monoisotopic (exact) mass is 266 g/mol. The Morgan fingerprint density at radius 3 is 2.37 bits per heavy atom. The summed E-state index contributed by atoms with van der Waals surface area (Å²) in [7, 11) is 0. The van der Waals surface area contributed by atoms with Gasteiger partial charge in [-0.3, -0.25) is 0 Å². The molecule has 1 aliphatic carbocycles. The second kappa shape index (κ2) is 7.08. The van der Waals surface area contributed by atoms with Gasteiger partial charge in [0.2, 0.25) is 0 Å². The summed E-state index contributed by atoms with van der Waals surface area (Å²) in [5.74, 6) is 3.36. The molecular weight excluding hydrogens is 232 g/mol. The van der Waals surface area contributed by atoms with Crippen molar-refractivity contribution in [3.05, 3.63) is 0 Å². The van der Waals surface area contributed by atoms with Crippen molar-refractivity contribution in [3.8, 4) is 0 Å². The van der Waals surface area contributed by atoms with Gasteiger partial charge in [0.25, 0.3) is 0 Å². The van der Waals surface area contributed by atoms with Crippen LogP contribution in [-0.2, 0) is 0 Å². The third-order valence-corrected chi connectivity index (χ3v) is 5.43. The highest BCUT2D eigenvalue weighted by Gasteiger charge is 2.34. The van der Waals surface area contributed by atoms with Crippen molar-refractivity contribution in [2.24, 2.45) is 23.7 Å². The van der Waals surface area contributed by atoms with E-state index in [2.05, 4.69) is 38.3 Å². The molecule has 1 heterocycles. The molecule has 0 bridgehead atoms. The summed E-state index contributed by atoms with van der Waals surface area (Å²) in [4.78, 5) is 0. The summed E-state index contributed by atoms with van der Waals surface area (Å²) in [6, 6.07) is 1.57. The van der Waals surface area contributed by atoms with Crippen LogP contribution in [0.3, 0.4) is 0 Å². The Hall–Kier alpha value is -0.0800. The third kappa shape index (κ3) is 4.19. The predicted octanol–water partition coefficient (Wildman–Crippen LogP) is 3.42. The molecule has 2 heteroatoms. The SMILES string of the molecule is CC(C)C(CNCC1CC2CCCCC2N1)C(C)C. The lowest BCUT2D eigenvalue weighted by Gasteiger charge is -2.26. The Labute approximate surface area is 120 Å². The van der Waals surface area contributed by atoms with E-state index in [0.717, 1.165) is 35.8 Å². The summed E-state index contributed by atoms with van der Waals surface area (Å²) in [5, 5.41) is 7.60. The Bertz CT molecular complexity index is 240. The van der Waals surface area contributed by atoms with Crippen LogP contribution in [0.5, 0.6) is 0 Å². The molecule has 0 aromatic rings. The topological polar surface area (TPSA) is 24.1 Å². The van der Waals surface area contributed by atoms with Gasteiger partial charge in [0, 0.05) is 18.6 Å². The van der Waals surface area contributed by atoms with E-state index in [1.807, 2.05) is 0 Å². The van der Waals surface area contributed by atoms with E-state index in [4.69, 9.17) is 0 Å². The second-order valence-electron chi connectivity index (χ2n) is 7.56.